The van der Waals surface area contributed by atoms with Gasteiger partial charge in [0.2, 0.25) is 0 Å². The van der Waals surface area contributed by atoms with Crippen LogP contribution in [-0.4, -0.2) is 24.5 Å². The number of rotatable bonds is 7. The molecule has 0 saturated carbocycles. The van der Waals surface area contributed by atoms with E-state index in [9.17, 15) is 44.3 Å². The second kappa shape index (κ2) is 10.4. The molecule has 0 heterocycles. The highest BCUT2D eigenvalue weighted by atomic mass is 19.4. The van der Waals surface area contributed by atoms with Gasteiger partial charge >= 0.3 is 18.3 Å². The number of anilines is 1. The number of carbonyl (C=O) groups is 1. The predicted octanol–water partition coefficient (Wildman–Crippen LogP) is 6.89. The molecule has 0 spiro atoms. The van der Waals surface area contributed by atoms with Gasteiger partial charge in [-0.25, -0.2) is 22.4 Å². The second-order valence-electron chi connectivity index (χ2n) is 7.29. The number of amides is 2. The molecule has 2 amide bonds. The summed E-state index contributed by atoms with van der Waals surface area (Å²) in [4.78, 5) is 12.5. The van der Waals surface area contributed by atoms with Crippen LogP contribution < -0.4 is 15.4 Å². The van der Waals surface area contributed by atoms with Gasteiger partial charge in [0.25, 0.3) is 6.17 Å². The molecule has 13 heteroatoms. The van der Waals surface area contributed by atoms with Crippen LogP contribution in [0.1, 0.15) is 17.2 Å². The van der Waals surface area contributed by atoms with Crippen LogP contribution in [0.3, 0.4) is 0 Å². The molecule has 0 bridgehead atoms. The molecule has 0 saturated heterocycles. The van der Waals surface area contributed by atoms with E-state index in [1.807, 2.05) is 5.32 Å². The SMILES string of the molecule is O=C(Nc1ccc(OC(F)(F)C(F)C(F)(F)F)cc1F)NC(c1ccccc1)c1c(F)cccc1F. The van der Waals surface area contributed by atoms with Crippen LogP contribution in [0.25, 0.3) is 0 Å². The summed E-state index contributed by atoms with van der Waals surface area (Å²) in [5.41, 5.74) is -0.916. The molecular weight excluding hydrogens is 507 g/mol. The van der Waals surface area contributed by atoms with Crippen molar-refractivity contribution in [2.45, 2.75) is 24.5 Å². The summed E-state index contributed by atoms with van der Waals surface area (Å²) in [7, 11) is 0. The van der Waals surface area contributed by atoms with Crippen molar-refractivity contribution in [3.63, 3.8) is 0 Å². The number of carbonyl (C=O) groups excluding carboxylic acids is 1. The van der Waals surface area contributed by atoms with Crippen molar-refractivity contribution in [3.05, 3.63) is 95.3 Å². The van der Waals surface area contributed by atoms with Crippen LogP contribution in [0.15, 0.2) is 66.7 Å². The molecule has 3 aromatic rings. The van der Waals surface area contributed by atoms with Crippen LogP contribution in [0.2, 0.25) is 0 Å². The van der Waals surface area contributed by atoms with E-state index >= 15 is 0 Å². The highest BCUT2D eigenvalue weighted by Gasteiger charge is 2.59. The maximum atomic E-state index is 14.4. The number of urea groups is 1. The Bertz CT molecular complexity index is 1200. The highest BCUT2D eigenvalue weighted by molar-refractivity contribution is 5.90. The van der Waals surface area contributed by atoms with Crippen molar-refractivity contribution in [2.24, 2.45) is 0 Å². The van der Waals surface area contributed by atoms with Gasteiger partial charge in [-0.3, -0.25) is 0 Å². The van der Waals surface area contributed by atoms with Gasteiger partial charge in [0, 0.05) is 6.07 Å². The predicted molar refractivity (Wildman–Crippen MR) is 110 cm³/mol. The maximum absolute atomic E-state index is 14.4. The highest BCUT2D eigenvalue weighted by Crippen LogP contribution is 2.37. The molecule has 3 aromatic carbocycles. The van der Waals surface area contributed by atoms with Crippen LogP contribution in [0, 0.1) is 17.5 Å². The van der Waals surface area contributed by atoms with Gasteiger partial charge in [0.1, 0.15) is 23.2 Å². The number of hydrogen-bond donors (Lipinski definition) is 2. The quantitative estimate of drug-likeness (QED) is 0.332. The Morgan fingerprint density at radius 1 is 0.806 bits per heavy atom. The normalized spacial score (nSPS) is 13.6. The Hall–Kier alpha value is -3.90. The molecule has 0 aliphatic rings. The molecule has 0 aliphatic carbocycles. The molecule has 2 N–H and O–H groups in total. The lowest BCUT2D eigenvalue weighted by atomic mass is 9.98. The Balaban J connectivity index is 1.79. The number of halogens is 9. The molecule has 3 rings (SSSR count). The third-order valence-electron chi connectivity index (χ3n) is 4.72. The Labute approximate surface area is 197 Å². The molecule has 0 aromatic heterocycles. The van der Waals surface area contributed by atoms with Gasteiger partial charge in [0.05, 0.1) is 17.3 Å². The Kier molecular flexibility index (Phi) is 7.70. The summed E-state index contributed by atoms with van der Waals surface area (Å²) in [6.45, 7) is 0. The minimum absolute atomic E-state index is 0.192. The second-order valence-corrected chi connectivity index (χ2v) is 7.29. The fourth-order valence-corrected chi connectivity index (χ4v) is 3.10. The van der Waals surface area contributed by atoms with Crippen molar-refractivity contribution in [3.8, 4) is 5.75 Å². The zero-order valence-corrected chi connectivity index (χ0v) is 17.7. The van der Waals surface area contributed by atoms with E-state index in [1.54, 1.807) is 6.07 Å². The summed E-state index contributed by atoms with van der Waals surface area (Å²) < 4.78 is 123. The number of hydrogen-bond acceptors (Lipinski definition) is 2. The van der Waals surface area contributed by atoms with Gasteiger partial charge < -0.3 is 15.4 Å². The maximum Gasteiger partial charge on any atom is 0.439 e. The molecule has 2 atom stereocenters. The van der Waals surface area contributed by atoms with Gasteiger partial charge in [-0.05, 0) is 29.8 Å². The van der Waals surface area contributed by atoms with Crippen LogP contribution in [0.4, 0.5) is 50.0 Å². The van der Waals surface area contributed by atoms with E-state index in [1.165, 1.54) is 24.3 Å². The first-order chi connectivity index (χ1) is 16.8. The standard InChI is InChI=1S/C23H15F9N2O2/c24-14-7-4-8-15(25)18(14)19(12-5-2-1-3-6-12)34-21(35)33-17-10-9-13(11-16(17)26)36-23(31,32)20(27)22(28,29)30/h1-11,19-20H,(H2,33,34,35). The first-order valence-electron chi connectivity index (χ1n) is 9.93. The molecule has 2 unspecified atom stereocenters. The summed E-state index contributed by atoms with van der Waals surface area (Å²) in [6, 6.07) is 9.49. The van der Waals surface area contributed by atoms with Crippen LogP contribution in [-0.2, 0) is 0 Å². The third-order valence-corrected chi connectivity index (χ3v) is 4.72. The molecule has 0 fully saturated rings. The Morgan fingerprint density at radius 2 is 1.42 bits per heavy atom. The number of ether oxygens (including phenoxy) is 1. The summed E-state index contributed by atoms with van der Waals surface area (Å²) >= 11 is 0. The smallest absolute Gasteiger partial charge is 0.430 e. The van der Waals surface area contributed by atoms with Gasteiger partial charge in [-0.1, -0.05) is 36.4 Å². The van der Waals surface area contributed by atoms with E-state index in [0.29, 0.717) is 12.1 Å². The van der Waals surface area contributed by atoms with Crippen molar-refractivity contribution in [2.75, 3.05) is 5.32 Å². The lowest BCUT2D eigenvalue weighted by molar-refractivity contribution is -0.305. The number of benzene rings is 3. The van der Waals surface area contributed by atoms with Gasteiger partial charge in [-0.2, -0.15) is 22.0 Å². The van der Waals surface area contributed by atoms with E-state index < -0.39 is 65.0 Å². The average molecular weight is 522 g/mol. The minimum atomic E-state index is -5.94. The van der Waals surface area contributed by atoms with E-state index in [4.69, 9.17) is 0 Å². The molecular formula is C23H15F9N2O2. The summed E-state index contributed by atoms with van der Waals surface area (Å²) in [5.74, 6) is -4.56. The Morgan fingerprint density at radius 3 is 1.97 bits per heavy atom. The molecule has 192 valence electrons. The van der Waals surface area contributed by atoms with E-state index in [-0.39, 0.29) is 11.6 Å². The topological polar surface area (TPSA) is 50.4 Å². The molecule has 36 heavy (non-hydrogen) atoms. The summed E-state index contributed by atoms with van der Waals surface area (Å²) in [6.07, 6.45) is -16.0. The third kappa shape index (κ3) is 6.20. The largest absolute Gasteiger partial charge is 0.439 e. The van der Waals surface area contributed by atoms with Gasteiger partial charge in [0.15, 0.2) is 0 Å². The van der Waals surface area contributed by atoms with E-state index in [2.05, 4.69) is 10.1 Å². The number of alkyl halides is 6. The fourth-order valence-electron chi connectivity index (χ4n) is 3.10. The average Bonchev–Trinajstić information content (AvgIpc) is 2.79. The van der Waals surface area contributed by atoms with Crippen molar-refractivity contribution in [1.29, 1.82) is 0 Å². The first kappa shape index (κ1) is 26.7. The summed E-state index contributed by atoms with van der Waals surface area (Å²) in [5, 5.41) is 4.26. The molecule has 0 radical (unpaired) electrons. The first-order valence-corrected chi connectivity index (χ1v) is 9.93. The van der Waals surface area contributed by atoms with Crippen LogP contribution in [0.5, 0.6) is 5.75 Å². The minimum Gasteiger partial charge on any atom is -0.430 e. The van der Waals surface area contributed by atoms with Crippen molar-refractivity contribution in [1.82, 2.24) is 5.32 Å². The monoisotopic (exact) mass is 522 g/mol. The van der Waals surface area contributed by atoms with Crippen molar-refractivity contribution < 1.29 is 49.0 Å². The molecule has 0 aliphatic heterocycles. The van der Waals surface area contributed by atoms with Crippen LogP contribution >= 0.6 is 0 Å². The zero-order valence-electron chi connectivity index (χ0n) is 17.7. The zero-order chi connectivity index (χ0) is 26.7. The van der Waals surface area contributed by atoms with E-state index in [0.717, 1.165) is 18.2 Å². The lowest BCUT2D eigenvalue weighted by Crippen LogP contribution is -2.45. The fraction of sp³-hybridized carbons (Fsp3) is 0.174. The molecule has 4 nitrogen and oxygen atoms in total. The lowest BCUT2D eigenvalue weighted by Gasteiger charge is -2.23. The van der Waals surface area contributed by atoms with Crippen molar-refractivity contribution >= 4 is 11.7 Å². The van der Waals surface area contributed by atoms with Gasteiger partial charge in [-0.15, -0.1) is 0 Å². The number of nitrogens with one attached hydrogen (secondary N) is 2.